The van der Waals surface area contributed by atoms with Crippen LogP contribution in [0.3, 0.4) is 0 Å². The number of nitrogens with zero attached hydrogens (tertiary/aromatic N) is 1. The number of carboxylic acid groups (broad SMARTS) is 1. The minimum atomic E-state index is -0.952. The number of halogens is 1. The first kappa shape index (κ1) is 16.1. The largest absolute Gasteiger partial charge is 0.481 e. The number of aliphatic carboxylic acids is 1. The molecular formula is C14H19FN2O3. The van der Waals surface area contributed by atoms with Crippen LogP contribution >= 0.6 is 0 Å². The molecule has 1 atom stereocenters. The molecule has 0 saturated carbocycles. The van der Waals surface area contributed by atoms with Crippen molar-refractivity contribution < 1.29 is 19.1 Å². The van der Waals surface area contributed by atoms with Crippen LogP contribution in [0.15, 0.2) is 18.3 Å². The number of carboxylic acids is 1. The summed E-state index contributed by atoms with van der Waals surface area (Å²) in [6.07, 6.45) is 1.39. The molecule has 2 N–H and O–H groups in total. The molecule has 0 fully saturated rings. The summed E-state index contributed by atoms with van der Waals surface area (Å²) in [6.45, 7) is 5.83. The number of rotatable bonds is 5. The van der Waals surface area contributed by atoms with Crippen LogP contribution in [0, 0.1) is 17.2 Å². The Kier molecular flexibility index (Phi) is 5.19. The number of amides is 1. The van der Waals surface area contributed by atoms with Crippen molar-refractivity contribution in [3.63, 3.8) is 0 Å². The first-order valence-corrected chi connectivity index (χ1v) is 6.31. The molecule has 0 saturated heterocycles. The molecule has 0 aliphatic carbocycles. The highest BCUT2D eigenvalue weighted by atomic mass is 19.1. The fraction of sp³-hybridized carbons (Fsp3) is 0.500. The summed E-state index contributed by atoms with van der Waals surface area (Å²) in [7, 11) is 0. The van der Waals surface area contributed by atoms with Gasteiger partial charge < -0.3 is 10.4 Å². The number of pyridine rings is 1. The van der Waals surface area contributed by atoms with Crippen molar-refractivity contribution in [2.45, 2.75) is 27.2 Å². The Labute approximate surface area is 117 Å². The second kappa shape index (κ2) is 6.45. The molecule has 0 aromatic carbocycles. The molecule has 0 aliphatic heterocycles. The van der Waals surface area contributed by atoms with Gasteiger partial charge in [0.1, 0.15) is 11.5 Å². The van der Waals surface area contributed by atoms with E-state index in [2.05, 4.69) is 10.3 Å². The maximum Gasteiger partial charge on any atom is 0.308 e. The zero-order valence-corrected chi connectivity index (χ0v) is 11.8. The Hall–Kier alpha value is -1.98. The predicted molar refractivity (Wildman–Crippen MR) is 71.7 cm³/mol. The Morgan fingerprint density at radius 1 is 1.40 bits per heavy atom. The van der Waals surface area contributed by atoms with Crippen LogP contribution in [0.5, 0.6) is 0 Å². The van der Waals surface area contributed by atoms with Gasteiger partial charge in [-0.3, -0.25) is 9.59 Å². The SMILES string of the molecule is CC(C)(C)CC(CNC(=O)c1ccc(F)cn1)C(=O)O. The second-order valence-electron chi connectivity index (χ2n) is 5.87. The summed E-state index contributed by atoms with van der Waals surface area (Å²) < 4.78 is 12.7. The minimum absolute atomic E-state index is 0.0183. The third-order valence-corrected chi connectivity index (χ3v) is 2.68. The minimum Gasteiger partial charge on any atom is -0.481 e. The highest BCUT2D eigenvalue weighted by Crippen LogP contribution is 2.24. The Balaban J connectivity index is 2.61. The molecule has 1 aromatic rings. The average molecular weight is 282 g/mol. The summed E-state index contributed by atoms with van der Waals surface area (Å²) >= 11 is 0. The standard InChI is InChI=1S/C14H19FN2O3/c1-14(2,3)6-9(13(19)20)7-17-12(18)11-5-4-10(15)8-16-11/h4-5,8-9H,6-7H2,1-3H3,(H,17,18)(H,19,20). The van der Waals surface area contributed by atoms with Gasteiger partial charge in [-0.2, -0.15) is 0 Å². The summed E-state index contributed by atoms with van der Waals surface area (Å²) in [4.78, 5) is 26.6. The monoisotopic (exact) mass is 282 g/mol. The van der Waals surface area contributed by atoms with E-state index in [1.807, 2.05) is 20.8 Å². The quantitative estimate of drug-likeness (QED) is 0.866. The van der Waals surface area contributed by atoms with Gasteiger partial charge in [-0.05, 0) is 24.0 Å². The summed E-state index contributed by atoms with van der Waals surface area (Å²) in [5, 5.41) is 11.7. The Bertz CT molecular complexity index is 480. The van der Waals surface area contributed by atoms with E-state index in [0.29, 0.717) is 6.42 Å². The molecule has 0 bridgehead atoms. The lowest BCUT2D eigenvalue weighted by molar-refractivity contribution is -0.142. The van der Waals surface area contributed by atoms with Crippen molar-refractivity contribution in [2.75, 3.05) is 6.54 Å². The fourth-order valence-electron chi connectivity index (χ4n) is 1.80. The normalized spacial score (nSPS) is 12.8. The van der Waals surface area contributed by atoms with Crippen molar-refractivity contribution in [1.82, 2.24) is 10.3 Å². The molecule has 5 nitrogen and oxygen atoms in total. The van der Waals surface area contributed by atoms with E-state index >= 15 is 0 Å². The van der Waals surface area contributed by atoms with Gasteiger partial charge in [0.25, 0.3) is 5.91 Å². The number of carbonyl (C=O) groups excluding carboxylic acids is 1. The first-order valence-electron chi connectivity index (χ1n) is 6.31. The third-order valence-electron chi connectivity index (χ3n) is 2.68. The zero-order valence-electron chi connectivity index (χ0n) is 11.8. The molecule has 1 unspecified atom stereocenters. The summed E-state index contributed by atoms with van der Waals surface area (Å²) in [5.41, 5.74) is -0.0895. The topological polar surface area (TPSA) is 79.3 Å². The van der Waals surface area contributed by atoms with Gasteiger partial charge in [0.05, 0.1) is 12.1 Å². The molecule has 1 amide bonds. The van der Waals surface area contributed by atoms with Gasteiger partial charge in [0.2, 0.25) is 0 Å². The van der Waals surface area contributed by atoms with Crippen molar-refractivity contribution in [1.29, 1.82) is 0 Å². The lowest BCUT2D eigenvalue weighted by atomic mass is 9.84. The number of hydrogen-bond donors (Lipinski definition) is 2. The molecule has 1 rings (SSSR count). The van der Waals surface area contributed by atoms with Gasteiger partial charge in [0, 0.05) is 6.54 Å². The van der Waals surface area contributed by atoms with Gasteiger partial charge in [-0.25, -0.2) is 9.37 Å². The molecule has 1 heterocycles. The van der Waals surface area contributed by atoms with Crippen molar-refractivity contribution in [3.8, 4) is 0 Å². The Morgan fingerprint density at radius 3 is 2.50 bits per heavy atom. The van der Waals surface area contributed by atoms with E-state index in [0.717, 1.165) is 12.3 Å². The van der Waals surface area contributed by atoms with Crippen LogP contribution in [-0.2, 0) is 4.79 Å². The summed E-state index contributed by atoms with van der Waals surface area (Å²) in [6, 6.07) is 2.38. The van der Waals surface area contributed by atoms with Gasteiger partial charge in [0.15, 0.2) is 0 Å². The average Bonchev–Trinajstić information content (AvgIpc) is 2.33. The molecule has 0 radical (unpaired) electrons. The maximum atomic E-state index is 12.7. The summed E-state index contributed by atoms with van der Waals surface area (Å²) in [5.74, 6) is -2.66. The molecule has 110 valence electrons. The van der Waals surface area contributed by atoms with Crippen LogP contribution in [-0.4, -0.2) is 28.5 Å². The predicted octanol–water partition coefficient (Wildman–Crippen LogP) is 2.09. The van der Waals surface area contributed by atoms with Crippen LogP contribution < -0.4 is 5.32 Å². The van der Waals surface area contributed by atoms with E-state index in [1.54, 1.807) is 0 Å². The lowest BCUT2D eigenvalue weighted by Gasteiger charge is -2.23. The van der Waals surface area contributed by atoms with E-state index in [4.69, 9.17) is 5.11 Å². The van der Waals surface area contributed by atoms with Crippen LogP contribution in [0.4, 0.5) is 4.39 Å². The smallest absolute Gasteiger partial charge is 0.308 e. The molecule has 20 heavy (non-hydrogen) atoms. The number of carbonyl (C=O) groups is 2. The lowest BCUT2D eigenvalue weighted by Crippen LogP contribution is -2.35. The fourth-order valence-corrected chi connectivity index (χ4v) is 1.80. The van der Waals surface area contributed by atoms with Gasteiger partial charge in [-0.15, -0.1) is 0 Å². The van der Waals surface area contributed by atoms with Crippen LogP contribution in [0.1, 0.15) is 37.7 Å². The van der Waals surface area contributed by atoms with Crippen LogP contribution in [0.25, 0.3) is 0 Å². The third kappa shape index (κ3) is 5.34. The highest BCUT2D eigenvalue weighted by molar-refractivity contribution is 5.92. The first-order chi connectivity index (χ1) is 9.19. The number of nitrogens with one attached hydrogen (secondary N) is 1. The van der Waals surface area contributed by atoms with E-state index in [-0.39, 0.29) is 17.7 Å². The maximum absolute atomic E-state index is 12.7. The molecule has 0 spiro atoms. The van der Waals surface area contributed by atoms with Crippen molar-refractivity contribution in [2.24, 2.45) is 11.3 Å². The van der Waals surface area contributed by atoms with E-state index in [1.165, 1.54) is 6.07 Å². The van der Waals surface area contributed by atoms with E-state index < -0.39 is 23.6 Å². The molecule has 1 aromatic heterocycles. The zero-order chi connectivity index (χ0) is 15.3. The van der Waals surface area contributed by atoms with Gasteiger partial charge >= 0.3 is 5.97 Å². The van der Waals surface area contributed by atoms with Crippen LogP contribution in [0.2, 0.25) is 0 Å². The van der Waals surface area contributed by atoms with Crippen molar-refractivity contribution >= 4 is 11.9 Å². The molecular weight excluding hydrogens is 263 g/mol. The highest BCUT2D eigenvalue weighted by Gasteiger charge is 2.25. The van der Waals surface area contributed by atoms with Gasteiger partial charge in [-0.1, -0.05) is 20.8 Å². The number of hydrogen-bond acceptors (Lipinski definition) is 3. The van der Waals surface area contributed by atoms with Crippen molar-refractivity contribution in [3.05, 3.63) is 29.8 Å². The molecule has 6 heteroatoms. The number of aromatic nitrogens is 1. The Morgan fingerprint density at radius 2 is 2.05 bits per heavy atom. The molecule has 0 aliphatic rings. The second-order valence-corrected chi connectivity index (χ2v) is 5.87. The van der Waals surface area contributed by atoms with E-state index in [9.17, 15) is 14.0 Å².